The van der Waals surface area contributed by atoms with Gasteiger partial charge in [-0.3, -0.25) is 4.90 Å². The highest BCUT2D eigenvalue weighted by atomic mass is 32.1. The van der Waals surface area contributed by atoms with Gasteiger partial charge in [0.1, 0.15) is 5.01 Å². The third-order valence-electron chi connectivity index (χ3n) is 2.54. The zero-order valence-electron chi connectivity index (χ0n) is 7.91. The minimum atomic E-state index is 1.07. The molecule has 1 aliphatic rings. The lowest BCUT2D eigenvalue weighted by atomic mass is 10.2. The standard InChI is InChI=1S/C10H16N2S/c1-2-4-7-12(6-3-1)9-10-11-5-8-13-10/h5,8H,1-4,6-7,9H2. The number of rotatable bonds is 2. The molecular weight excluding hydrogens is 180 g/mol. The van der Waals surface area contributed by atoms with Gasteiger partial charge in [-0.1, -0.05) is 12.8 Å². The van der Waals surface area contributed by atoms with Crippen LogP contribution in [0.4, 0.5) is 0 Å². The maximum atomic E-state index is 4.32. The van der Waals surface area contributed by atoms with E-state index in [2.05, 4.69) is 15.3 Å². The lowest BCUT2D eigenvalue weighted by molar-refractivity contribution is 0.276. The lowest BCUT2D eigenvalue weighted by Crippen LogP contribution is -2.23. The average molecular weight is 196 g/mol. The van der Waals surface area contributed by atoms with Gasteiger partial charge < -0.3 is 0 Å². The Bertz CT molecular complexity index is 225. The monoisotopic (exact) mass is 196 g/mol. The fourth-order valence-corrected chi connectivity index (χ4v) is 2.47. The molecule has 0 aliphatic carbocycles. The van der Waals surface area contributed by atoms with Gasteiger partial charge in [0, 0.05) is 11.6 Å². The van der Waals surface area contributed by atoms with E-state index in [0.717, 1.165) is 6.54 Å². The second kappa shape index (κ2) is 4.72. The van der Waals surface area contributed by atoms with Crippen molar-refractivity contribution in [2.24, 2.45) is 0 Å². The zero-order chi connectivity index (χ0) is 8.93. The molecule has 0 unspecified atom stereocenters. The number of nitrogens with zero attached hydrogens (tertiary/aromatic N) is 2. The van der Waals surface area contributed by atoms with Crippen LogP contribution in [0, 0.1) is 0 Å². The van der Waals surface area contributed by atoms with Gasteiger partial charge in [-0.25, -0.2) is 4.98 Å². The average Bonchev–Trinajstić information content (AvgIpc) is 2.49. The molecule has 2 rings (SSSR count). The van der Waals surface area contributed by atoms with Gasteiger partial charge in [0.15, 0.2) is 0 Å². The maximum absolute atomic E-state index is 4.32. The van der Waals surface area contributed by atoms with E-state index in [4.69, 9.17) is 0 Å². The van der Waals surface area contributed by atoms with Crippen LogP contribution >= 0.6 is 11.3 Å². The molecule has 0 atom stereocenters. The van der Waals surface area contributed by atoms with Gasteiger partial charge in [-0.2, -0.15) is 0 Å². The number of aromatic nitrogens is 1. The van der Waals surface area contributed by atoms with Crippen LogP contribution in [0.15, 0.2) is 11.6 Å². The molecule has 0 N–H and O–H groups in total. The summed E-state index contributed by atoms with van der Waals surface area (Å²) in [5.74, 6) is 0. The third-order valence-corrected chi connectivity index (χ3v) is 3.31. The topological polar surface area (TPSA) is 16.1 Å². The Kier molecular flexibility index (Phi) is 3.33. The Labute approximate surface area is 83.6 Å². The summed E-state index contributed by atoms with van der Waals surface area (Å²) >= 11 is 1.77. The molecule has 0 spiro atoms. The first-order valence-electron chi connectivity index (χ1n) is 5.06. The van der Waals surface area contributed by atoms with E-state index in [1.54, 1.807) is 11.3 Å². The van der Waals surface area contributed by atoms with Crippen molar-refractivity contribution in [1.82, 2.24) is 9.88 Å². The quantitative estimate of drug-likeness (QED) is 0.722. The number of thiazole rings is 1. The van der Waals surface area contributed by atoms with Gasteiger partial charge in [0.25, 0.3) is 0 Å². The summed E-state index contributed by atoms with van der Waals surface area (Å²) in [4.78, 5) is 6.85. The van der Waals surface area contributed by atoms with Gasteiger partial charge >= 0.3 is 0 Å². The lowest BCUT2D eigenvalue weighted by Gasteiger charge is -2.17. The Balaban J connectivity index is 1.86. The molecule has 1 fully saturated rings. The highest BCUT2D eigenvalue weighted by Crippen LogP contribution is 2.14. The first kappa shape index (κ1) is 9.16. The summed E-state index contributed by atoms with van der Waals surface area (Å²) in [6.07, 6.45) is 7.46. The Morgan fingerprint density at radius 3 is 2.62 bits per heavy atom. The molecule has 3 heteroatoms. The second-order valence-electron chi connectivity index (χ2n) is 3.62. The van der Waals surface area contributed by atoms with Crippen LogP contribution in [0.3, 0.4) is 0 Å². The van der Waals surface area contributed by atoms with Crippen LogP contribution in [0.5, 0.6) is 0 Å². The van der Waals surface area contributed by atoms with Crippen molar-refractivity contribution in [1.29, 1.82) is 0 Å². The maximum Gasteiger partial charge on any atom is 0.107 e. The van der Waals surface area contributed by atoms with Crippen molar-refractivity contribution >= 4 is 11.3 Å². The second-order valence-corrected chi connectivity index (χ2v) is 4.60. The molecule has 1 aromatic heterocycles. The molecule has 2 heterocycles. The van der Waals surface area contributed by atoms with E-state index in [1.165, 1.54) is 43.8 Å². The summed E-state index contributed by atoms with van der Waals surface area (Å²) in [5, 5.41) is 3.33. The van der Waals surface area contributed by atoms with Crippen LogP contribution in [0.2, 0.25) is 0 Å². The van der Waals surface area contributed by atoms with Gasteiger partial charge in [0.05, 0.1) is 6.54 Å². The van der Waals surface area contributed by atoms with E-state index < -0.39 is 0 Å². The molecule has 0 bridgehead atoms. The molecule has 2 nitrogen and oxygen atoms in total. The number of hydrogen-bond acceptors (Lipinski definition) is 3. The normalized spacial score (nSPS) is 20.0. The Morgan fingerprint density at radius 2 is 2.00 bits per heavy atom. The van der Waals surface area contributed by atoms with E-state index in [1.807, 2.05) is 6.20 Å². The van der Waals surface area contributed by atoms with Crippen molar-refractivity contribution in [3.8, 4) is 0 Å². The van der Waals surface area contributed by atoms with Crippen molar-refractivity contribution in [3.05, 3.63) is 16.6 Å². The highest BCUT2D eigenvalue weighted by molar-refractivity contribution is 7.09. The molecule has 1 aliphatic heterocycles. The van der Waals surface area contributed by atoms with Gasteiger partial charge in [0.2, 0.25) is 0 Å². The first-order chi connectivity index (χ1) is 6.45. The predicted octanol–water partition coefficient (Wildman–Crippen LogP) is 2.52. The molecule has 0 aromatic carbocycles. The van der Waals surface area contributed by atoms with Crippen LogP contribution in [-0.4, -0.2) is 23.0 Å². The fourth-order valence-electron chi connectivity index (χ4n) is 1.82. The zero-order valence-corrected chi connectivity index (χ0v) is 8.72. The first-order valence-corrected chi connectivity index (χ1v) is 5.94. The summed E-state index contributed by atoms with van der Waals surface area (Å²) in [5.41, 5.74) is 0. The predicted molar refractivity (Wildman–Crippen MR) is 55.9 cm³/mol. The largest absolute Gasteiger partial charge is 0.297 e. The summed E-state index contributed by atoms with van der Waals surface area (Å²) in [6.45, 7) is 3.59. The Morgan fingerprint density at radius 1 is 1.23 bits per heavy atom. The fraction of sp³-hybridized carbons (Fsp3) is 0.700. The van der Waals surface area contributed by atoms with E-state index in [0.29, 0.717) is 0 Å². The molecule has 0 radical (unpaired) electrons. The molecule has 1 saturated heterocycles. The molecule has 0 saturated carbocycles. The van der Waals surface area contributed by atoms with Crippen LogP contribution in [0.1, 0.15) is 30.7 Å². The number of likely N-dealkylation sites (tertiary alicyclic amines) is 1. The SMILES string of the molecule is c1csc(CN2CCCCCC2)n1. The van der Waals surface area contributed by atoms with Gasteiger partial charge in [-0.05, 0) is 25.9 Å². The minimum absolute atomic E-state index is 1.07. The van der Waals surface area contributed by atoms with E-state index in [-0.39, 0.29) is 0 Å². The Hall–Kier alpha value is -0.410. The highest BCUT2D eigenvalue weighted by Gasteiger charge is 2.09. The van der Waals surface area contributed by atoms with Crippen molar-refractivity contribution in [2.75, 3.05) is 13.1 Å². The molecule has 72 valence electrons. The summed E-state index contributed by atoms with van der Waals surface area (Å²) in [7, 11) is 0. The molecule has 0 amide bonds. The van der Waals surface area contributed by atoms with Crippen LogP contribution < -0.4 is 0 Å². The van der Waals surface area contributed by atoms with Gasteiger partial charge in [-0.15, -0.1) is 11.3 Å². The molecular formula is C10H16N2S. The molecule has 13 heavy (non-hydrogen) atoms. The third kappa shape index (κ3) is 2.78. The smallest absolute Gasteiger partial charge is 0.107 e. The number of hydrogen-bond donors (Lipinski definition) is 0. The summed E-state index contributed by atoms with van der Waals surface area (Å²) in [6, 6.07) is 0. The minimum Gasteiger partial charge on any atom is -0.297 e. The van der Waals surface area contributed by atoms with Crippen molar-refractivity contribution in [2.45, 2.75) is 32.2 Å². The van der Waals surface area contributed by atoms with E-state index >= 15 is 0 Å². The van der Waals surface area contributed by atoms with Crippen LogP contribution in [0.25, 0.3) is 0 Å². The van der Waals surface area contributed by atoms with E-state index in [9.17, 15) is 0 Å². The van der Waals surface area contributed by atoms with Crippen molar-refractivity contribution < 1.29 is 0 Å². The van der Waals surface area contributed by atoms with Crippen LogP contribution in [-0.2, 0) is 6.54 Å². The summed E-state index contributed by atoms with van der Waals surface area (Å²) < 4.78 is 0. The van der Waals surface area contributed by atoms with Crippen molar-refractivity contribution in [3.63, 3.8) is 0 Å². The molecule has 1 aromatic rings.